The topological polar surface area (TPSA) is 75.4 Å². The first-order valence-corrected chi connectivity index (χ1v) is 10.7. The van der Waals surface area contributed by atoms with Crippen molar-refractivity contribution in [1.29, 1.82) is 0 Å². The maximum atomic E-state index is 13.4. The fourth-order valence-electron chi connectivity index (χ4n) is 4.88. The summed E-state index contributed by atoms with van der Waals surface area (Å²) in [5, 5.41) is 0. The summed E-state index contributed by atoms with van der Waals surface area (Å²) in [6, 6.07) is 2.57. The number of ketones is 1. The predicted octanol–water partition coefficient (Wildman–Crippen LogP) is 3.10. The number of rotatable bonds is 5. The number of likely N-dealkylation sites (tertiary alicyclic amines) is 1. The highest BCUT2D eigenvalue weighted by molar-refractivity contribution is 5.91. The number of alkyl halides is 3. The Morgan fingerprint density at radius 3 is 2.48 bits per heavy atom. The summed E-state index contributed by atoms with van der Waals surface area (Å²) in [6.45, 7) is 6.85. The lowest BCUT2D eigenvalue weighted by Crippen LogP contribution is -2.60. The Kier molecular flexibility index (Phi) is 5.91. The number of carbonyl (C=O) groups is 1. The van der Waals surface area contributed by atoms with Crippen LogP contribution in [0.4, 0.5) is 18.9 Å². The van der Waals surface area contributed by atoms with Crippen molar-refractivity contribution in [2.45, 2.75) is 44.9 Å². The summed E-state index contributed by atoms with van der Waals surface area (Å²) in [6.07, 6.45) is -0.423. The van der Waals surface area contributed by atoms with Crippen LogP contribution in [0.1, 0.15) is 32.3 Å². The molecule has 2 N–H and O–H groups in total. The molecule has 31 heavy (non-hydrogen) atoms. The molecule has 4 rings (SSSR count). The smallest absolute Gasteiger partial charge is 0.369 e. The van der Waals surface area contributed by atoms with Gasteiger partial charge in [0.15, 0.2) is 0 Å². The van der Waals surface area contributed by atoms with E-state index in [0.29, 0.717) is 31.1 Å². The summed E-state index contributed by atoms with van der Waals surface area (Å²) in [4.78, 5) is 25.2. The lowest BCUT2D eigenvalue weighted by Gasteiger charge is -2.42. The van der Waals surface area contributed by atoms with Gasteiger partial charge in [0, 0.05) is 51.0 Å². The van der Waals surface area contributed by atoms with Crippen LogP contribution in [-0.2, 0) is 11.0 Å². The van der Waals surface area contributed by atoms with E-state index in [0.717, 1.165) is 25.6 Å². The molecule has 6 nitrogen and oxygen atoms in total. The van der Waals surface area contributed by atoms with Crippen LogP contribution in [0.2, 0.25) is 0 Å². The average Bonchev–Trinajstić information content (AvgIpc) is 2.68. The molecule has 9 heteroatoms. The van der Waals surface area contributed by atoms with Gasteiger partial charge in [-0.3, -0.25) is 19.7 Å². The maximum absolute atomic E-state index is 13.4. The summed E-state index contributed by atoms with van der Waals surface area (Å²) < 4.78 is 40.3. The van der Waals surface area contributed by atoms with Gasteiger partial charge in [0.25, 0.3) is 0 Å². The third-order valence-electron chi connectivity index (χ3n) is 6.44. The van der Waals surface area contributed by atoms with Crippen molar-refractivity contribution in [2.75, 3.05) is 31.1 Å². The van der Waals surface area contributed by atoms with Crippen molar-refractivity contribution in [2.24, 2.45) is 17.6 Å². The molecule has 1 aromatic heterocycles. The van der Waals surface area contributed by atoms with Gasteiger partial charge in [0.2, 0.25) is 0 Å². The number of carbonyl (C=O) groups excluding carboxylic acids is 1. The highest BCUT2D eigenvalue weighted by atomic mass is 19.4. The SMILES string of the molecule is CC(C(=O)C[C@@H]1C[C@H](C)CN(c2ccc(C(F)(F)F)c3nccnc23)C1)N1CC(N)C1. The number of aromatic nitrogens is 2. The molecule has 0 radical (unpaired) electrons. The van der Waals surface area contributed by atoms with Crippen LogP contribution in [0.25, 0.3) is 11.0 Å². The number of nitrogens with two attached hydrogens (primary N) is 1. The summed E-state index contributed by atoms with van der Waals surface area (Å²) in [5.41, 5.74) is 5.81. The van der Waals surface area contributed by atoms with E-state index in [2.05, 4.69) is 26.7 Å². The van der Waals surface area contributed by atoms with Crippen LogP contribution in [0, 0.1) is 11.8 Å². The van der Waals surface area contributed by atoms with E-state index in [-0.39, 0.29) is 34.8 Å². The van der Waals surface area contributed by atoms with E-state index >= 15 is 0 Å². The van der Waals surface area contributed by atoms with Gasteiger partial charge >= 0.3 is 6.18 Å². The fourth-order valence-corrected chi connectivity index (χ4v) is 4.88. The van der Waals surface area contributed by atoms with Gasteiger partial charge in [-0.15, -0.1) is 0 Å². The van der Waals surface area contributed by atoms with Gasteiger partial charge in [0.1, 0.15) is 16.8 Å². The number of Topliss-reactive ketones (excluding diaryl/α,β-unsaturated/α-hetero) is 1. The molecule has 0 amide bonds. The summed E-state index contributed by atoms with van der Waals surface area (Å²) >= 11 is 0. The zero-order chi connectivity index (χ0) is 22.3. The molecular formula is C22H28F3N5O. The molecule has 2 aliphatic heterocycles. The average molecular weight is 435 g/mol. The van der Waals surface area contributed by atoms with Crippen molar-refractivity contribution < 1.29 is 18.0 Å². The number of hydrogen-bond acceptors (Lipinski definition) is 6. The molecule has 3 heterocycles. The molecule has 2 aliphatic rings. The third kappa shape index (κ3) is 4.52. The first-order valence-electron chi connectivity index (χ1n) is 10.7. The third-order valence-corrected chi connectivity index (χ3v) is 6.44. The summed E-state index contributed by atoms with van der Waals surface area (Å²) in [7, 11) is 0. The number of hydrogen-bond donors (Lipinski definition) is 1. The van der Waals surface area contributed by atoms with E-state index in [1.165, 1.54) is 18.5 Å². The van der Waals surface area contributed by atoms with Crippen LogP contribution < -0.4 is 10.6 Å². The Morgan fingerprint density at radius 2 is 1.84 bits per heavy atom. The minimum absolute atomic E-state index is 0.138. The Hall–Kier alpha value is -2.26. The zero-order valence-corrected chi connectivity index (χ0v) is 17.8. The molecule has 1 unspecified atom stereocenters. The Balaban J connectivity index is 1.55. The van der Waals surface area contributed by atoms with Crippen molar-refractivity contribution in [1.82, 2.24) is 14.9 Å². The second-order valence-corrected chi connectivity index (χ2v) is 9.06. The number of piperidine rings is 1. The molecule has 0 saturated carbocycles. The Labute approximate surface area is 179 Å². The fraction of sp³-hybridized carbons (Fsp3) is 0.591. The van der Waals surface area contributed by atoms with Crippen molar-refractivity contribution in [3.63, 3.8) is 0 Å². The molecule has 2 fully saturated rings. The lowest BCUT2D eigenvalue weighted by molar-refractivity contribution is -0.136. The van der Waals surface area contributed by atoms with Crippen LogP contribution in [-0.4, -0.2) is 58.9 Å². The van der Waals surface area contributed by atoms with Crippen LogP contribution in [0.15, 0.2) is 24.5 Å². The van der Waals surface area contributed by atoms with Gasteiger partial charge in [-0.1, -0.05) is 6.92 Å². The van der Waals surface area contributed by atoms with Gasteiger partial charge in [-0.25, -0.2) is 0 Å². The molecular weight excluding hydrogens is 407 g/mol. The molecule has 0 aliphatic carbocycles. The molecule has 3 atom stereocenters. The number of fused-ring (bicyclic) bond motifs is 1. The van der Waals surface area contributed by atoms with E-state index in [4.69, 9.17) is 5.73 Å². The standard InChI is InChI=1S/C22H28F3N5O/c1-13-7-15(8-19(31)14(2)29-11-16(26)12-29)10-30(9-13)18-4-3-17(22(23,24)25)20-21(18)28-6-5-27-20/h3-6,13-16H,7-12,26H2,1-2H3/t13-,14?,15-/m0/s1. The number of anilines is 1. The second kappa shape index (κ2) is 8.35. The van der Waals surface area contributed by atoms with Gasteiger partial charge in [-0.05, 0) is 37.3 Å². The first-order chi connectivity index (χ1) is 14.6. The molecule has 0 bridgehead atoms. The van der Waals surface area contributed by atoms with E-state index in [9.17, 15) is 18.0 Å². The van der Waals surface area contributed by atoms with Crippen LogP contribution in [0.5, 0.6) is 0 Å². The van der Waals surface area contributed by atoms with Gasteiger partial charge in [0.05, 0.1) is 17.3 Å². The highest BCUT2D eigenvalue weighted by Gasteiger charge is 2.36. The number of halogens is 3. The minimum atomic E-state index is -4.49. The van der Waals surface area contributed by atoms with Crippen molar-refractivity contribution in [3.05, 3.63) is 30.1 Å². The monoisotopic (exact) mass is 435 g/mol. The van der Waals surface area contributed by atoms with Crippen LogP contribution in [0.3, 0.4) is 0 Å². The Bertz CT molecular complexity index is 960. The van der Waals surface area contributed by atoms with Gasteiger partial charge < -0.3 is 10.6 Å². The van der Waals surface area contributed by atoms with Crippen molar-refractivity contribution >= 4 is 22.5 Å². The highest BCUT2D eigenvalue weighted by Crippen LogP contribution is 2.38. The normalized spacial score (nSPS) is 24.3. The van der Waals surface area contributed by atoms with Crippen LogP contribution >= 0.6 is 0 Å². The van der Waals surface area contributed by atoms with E-state index in [1.54, 1.807) is 0 Å². The Morgan fingerprint density at radius 1 is 1.16 bits per heavy atom. The van der Waals surface area contributed by atoms with E-state index < -0.39 is 11.7 Å². The maximum Gasteiger partial charge on any atom is 0.418 e. The zero-order valence-electron chi connectivity index (χ0n) is 17.8. The minimum Gasteiger partial charge on any atom is -0.369 e. The molecule has 2 saturated heterocycles. The molecule has 1 aromatic carbocycles. The molecule has 2 aromatic rings. The largest absolute Gasteiger partial charge is 0.418 e. The molecule has 168 valence electrons. The van der Waals surface area contributed by atoms with Crippen molar-refractivity contribution in [3.8, 4) is 0 Å². The first kappa shape index (κ1) is 22.0. The predicted molar refractivity (Wildman–Crippen MR) is 113 cm³/mol. The van der Waals surface area contributed by atoms with Gasteiger partial charge in [-0.2, -0.15) is 13.2 Å². The quantitative estimate of drug-likeness (QED) is 0.778. The second-order valence-electron chi connectivity index (χ2n) is 9.06. The summed E-state index contributed by atoms with van der Waals surface area (Å²) in [5.74, 6) is 0.652. The number of benzene rings is 1. The van der Waals surface area contributed by atoms with E-state index in [1.807, 2.05) is 6.92 Å². The number of nitrogens with zero attached hydrogens (tertiary/aromatic N) is 4. The lowest BCUT2D eigenvalue weighted by atomic mass is 9.85. The molecule has 0 spiro atoms.